The predicted molar refractivity (Wildman–Crippen MR) is 117 cm³/mol. The van der Waals surface area contributed by atoms with Crippen molar-refractivity contribution >= 4 is 23.6 Å². The number of amides is 2. The summed E-state index contributed by atoms with van der Waals surface area (Å²) < 4.78 is 0. The van der Waals surface area contributed by atoms with Crippen LogP contribution in [0.2, 0.25) is 0 Å². The summed E-state index contributed by atoms with van der Waals surface area (Å²) in [4.78, 5) is 36.6. The third-order valence-corrected chi connectivity index (χ3v) is 5.88. The third kappa shape index (κ3) is 4.87. The summed E-state index contributed by atoms with van der Waals surface area (Å²) in [6.45, 7) is 2.64. The Morgan fingerprint density at radius 2 is 2.13 bits per heavy atom. The Bertz CT molecular complexity index is 949. The van der Waals surface area contributed by atoms with E-state index in [9.17, 15) is 14.7 Å². The van der Waals surface area contributed by atoms with E-state index in [0.29, 0.717) is 31.0 Å². The topological polar surface area (TPSA) is 125 Å². The molecule has 1 fully saturated rings. The van der Waals surface area contributed by atoms with Gasteiger partial charge in [0.15, 0.2) is 0 Å². The molecule has 2 aliphatic heterocycles. The van der Waals surface area contributed by atoms with Crippen LogP contribution in [0.3, 0.4) is 0 Å². The number of anilines is 2. The van der Waals surface area contributed by atoms with Gasteiger partial charge < -0.3 is 26.0 Å². The van der Waals surface area contributed by atoms with Crippen LogP contribution in [-0.4, -0.2) is 63.1 Å². The Kier molecular flexibility index (Phi) is 6.20. The molecule has 4 rings (SSSR count). The Morgan fingerprint density at radius 3 is 2.90 bits per heavy atom. The minimum Gasteiger partial charge on any atom is -0.481 e. The number of carbonyl (C=O) groups is 2. The summed E-state index contributed by atoms with van der Waals surface area (Å²) in [7, 11) is 0. The maximum atomic E-state index is 13.0. The number of hydrogen-bond donors (Lipinski definition) is 3. The number of carboxylic acids is 1. The molecule has 31 heavy (non-hydrogen) atoms. The highest BCUT2D eigenvalue weighted by atomic mass is 16.4. The molecule has 2 aromatic heterocycles. The number of rotatable bonds is 8. The first-order valence-electron chi connectivity index (χ1n) is 10.7. The van der Waals surface area contributed by atoms with Crippen molar-refractivity contribution in [2.75, 3.05) is 37.2 Å². The second-order valence-electron chi connectivity index (χ2n) is 8.04. The zero-order valence-corrected chi connectivity index (χ0v) is 17.5. The number of carboxylic acid groups (broad SMARTS) is 1. The van der Waals surface area contributed by atoms with Crippen molar-refractivity contribution in [1.82, 2.24) is 19.8 Å². The normalized spacial score (nSPS) is 16.7. The molecule has 2 aliphatic rings. The van der Waals surface area contributed by atoms with E-state index in [1.165, 1.54) is 5.56 Å². The molecule has 9 nitrogen and oxygen atoms in total. The third-order valence-electron chi connectivity index (χ3n) is 5.88. The maximum Gasteiger partial charge on any atom is 0.320 e. The number of nitrogens with zero attached hydrogens (tertiary/aromatic N) is 4. The molecule has 2 amide bonds. The first-order valence-corrected chi connectivity index (χ1v) is 10.7. The average Bonchev–Trinajstić information content (AvgIpc) is 3.13. The summed E-state index contributed by atoms with van der Waals surface area (Å²) >= 11 is 0. The van der Waals surface area contributed by atoms with Crippen LogP contribution in [0, 0.1) is 0 Å². The lowest BCUT2D eigenvalue weighted by Crippen LogP contribution is -2.36. The van der Waals surface area contributed by atoms with Crippen molar-refractivity contribution in [3.8, 4) is 0 Å². The summed E-state index contributed by atoms with van der Waals surface area (Å²) in [6.07, 6.45) is 5.18. The summed E-state index contributed by atoms with van der Waals surface area (Å²) in [5.41, 5.74) is 8.61. The Labute approximate surface area is 181 Å². The number of fused-ring (bicyclic) bond motifs is 1. The second-order valence-corrected chi connectivity index (χ2v) is 8.04. The van der Waals surface area contributed by atoms with Crippen LogP contribution in [0.15, 0.2) is 30.5 Å². The van der Waals surface area contributed by atoms with Crippen LogP contribution in [-0.2, 0) is 17.6 Å². The van der Waals surface area contributed by atoms with Crippen molar-refractivity contribution in [3.05, 3.63) is 47.3 Å². The van der Waals surface area contributed by atoms with Crippen LogP contribution in [0.4, 0.5) is 16.4 Å². The van der Waals surface area contributed by atoms with E-state index in [1.54, 1.807) is 28.1 Å². The first-order chi connectivity index (χ1) is 15.0. The van der Waals surface area contributed by atoms with Crippen LogP contribution in [0.1, 0.15) is 42.1 Å². The van der Waals surface area contributed by atoms with Gasteiger partial charge in [-0.3, -0.25) is 4.79 Å². The van der Waals surface area contributed by atoms with E-state index >= 15 is 0 Å². The number of aliphatic carboxylic acids is 1. The molecular weight excluding hydrogens is 396 g/mol. The van der Waals surface area contributed by atoms with Gasteiger partial charge in [-0.05, 0) is 48.9 Å². The molecule has 0 saturated carbocycles. The van der Waals surface area contributed by atoms with Gasteiger partial charge >= 0.3 is 12.0 Å². The van der Waals surface area contributed by atoms with Crippen LogP contribution in [0.25, 0.3) is 0 Å². The first kappa shape index (κ1) is 20.9. The SMILES string of the molecule is Nc1ccc(C(CC(=O)O)N2CCN(CCCc3ccc4c(n3)NCCC4)C2=O)cn1. The highest BCUT2D eigenvalue weighted by molar-refractivity contribution is 5.78. The number of hydrogen-bond acceptors (Lipinski definition) is 6. The van der Waals surface area contributed by atoms with Gasteiger partial charge in [0.25, 0.3) is 0 Å². The second kappa shape index (κ2) is 9.20. The van der Waals surface area contributed by atoms with E-state index in [1.807, 2.05) is 0 Å². The molecule has 0 radical (unpaired) electrons. The van der Waals surface area contributed by atoms with E-state index < -0.39 is 12.0 Å². The van der Waals surface area contributed by atoms with Crippen molar-refractivity contribution in [1.29, 1.82) is 0 Å². The number of pyridine rings is 2. The van der Waals surface area contributed by atoms with Crippen LogP contribution < -0.4 is 11.1 Å². The van der Waals surface area contributed by atoms with Crippen molar-refractivity contribution in [2.24, 2.45) is 0 Å². The lowest BCUT2D eigenvalue weighted by molar-refractivity contribution is -0.138. The lowest BCUT2D eigenvalue weighted by Gasteiger charge is -2.27. The minimum atomic E-state index is -0.958. The standard InChI is InChI=1S/C22H28N6O3/c23-19-8-6-16(14-25-19)18(13-20(29)30)28-12-11-27(22(28)31)10-2-4-17-7-5-15-3-1-9-24-21(15)26-17/h5-8,14,18H,1-4,9-13H2,(H2,23,25)(H,24,26)(H,29,30). The number of nitrogens with two attached hydrogens (primary N) is 1. The average molecular weight is 425 g/mol. The van der Waals surface area contributed by atoms with Gasteiger partial charge in [0.2, 0.25) is 0 Å². The minimum absolute atomic E-state index is 0.136. The lowest BCUT2D eigenvalue weighted by atomic mass is 10.0. The summed E-state index contributed by atoms with van der Waals surface area (Å²) in [5.74, 6) is 0.388. The zero-order valence-electron chi connectivity index (χ0n) is 17.5. The predicted octanol–water partition coefficient (Wildman–Crippen LogP) is 2.30. The number of aryl methyl sites for hydroxylation is 2. The largest absolute Gasteiger partial charge is 0.481 e. The van der Waals surface area contributed by atoms with Crippen molar-refractivity contribution in [3.63, 3.8) is 0 Å². The Balaban J connectivity index is 1.36. The Morgan fingerprint density at radius 1 is 1.26 bits per heavy atom. The molecule has 0 spiro atoms. The molecular formula is C22H28N6O3. The molecule has 1 atom stereocenters. The van der Waals surface area contributed by atoms with Crippen LogP contribution in [0.5, 0.6) is 0 Å². The Hall–Kier alpha value is -3.36. The number of aromatic nitrogens is 2. The molecule has 164 valence electrons. The fourth-order valence-electron chi connectivity index (χ4n) is 4.24. The van der Waals surface area contributed by atoms with Gasteiger partial charge in [-0.2, -0.15) is 0 Å². The number of carbonyl (C=O) groups excluding carboxylic acids is 1. The monoisotopic (exact) mass is 424 g/mol. The summed E-state index contributed by atoms with van der Waals surface area (Å²) in [6, 6.07) is 6.88. The molecule has 1 unspecified atom stereocenters. The number of nitrogen functional groups attached to an aromatic ring is 1. The molecule has 4 heterocycles. The van der Waals surface area contributed by atoms with Gasteiger partial charge in [0.1, 0.15) is 11.6 Å². The van der Waals surface area contributed by atoms with Gasteiger partial charge in [-0.25, -0.2) is 14.8 Å². The maximum absolute atomic E-state index is 13.0. The molecule has 1 saturated heterocycles. The van der Waals surface area contributed by atoms with E-state index in [4.69, 9.17) is 10.7 Å². The highest BCUT2D eigenvalue weighted by Gasteiger charge is 2.35. The van der Waals surface area contributed by atoms with Gasteiger partial charge in [0.05, 0.1) is 12.5 Å². The number of urea groups is 1. The fraction of sp³-hybridized carbons (Fsp3) is 0.455. The molecule has 2 aromatic rings. The highest BCUT2D eigenvalue weighted by Crippen LogP contribution is 2.28. The molecule has 0 aromatic carbocycles. The van der Waals surface area contributed by atoms with Crippen molar-refractivity contribution in [2.45, 2.75) is 38.1 Å². The molecule has 0 aliphatic carbocycles. The summed E-state index contributed by atoms with van der Waals surface area (Å²) in [5, 5.41) is 12.7. The fourth-order valence-corrected chi connectivity index (χ4v) is 4.24. The number of nitrogens with one attached hydrogen (secondary N) is 1. The van der Waals surface area contributed by atoms with E-state index in [-0.39, 0.29) is 12.5 Å². The van der Waals surface area contributed by atoms with Gasteiger partial charge in [-0.15, -0.1) is 0 Å². The van der Waals surface area contributed by atoms with E-state index in [0.717, 1.165) is 43.7 Å². The molecule has 0 bridgehead atoms. The molecule has 9 heteroatoms. The quantitative estimate of drug-likeness (QED) is 0.594. The van der Waals surface area contributed by atoms with E-state index in [2.05, 4.69) is 22.4 Å². The smallest absolute Gasteiger partial charge is 0.320 e. The van der Waals surface area contributed by atoms with Crippen molar-refractivity contribution < 1.29 is 14.7 Å². The zero-order chi connectivity index (χ0) is 21.8. The van der Waals surface area contributed by atoms with Gasteiger partial charge in [-0.1, -0.05) is 12.1 Å². The van der Waals surface area contributed by atoms with Crippen LogP contribution >= 0.6 is 0 Å². The molecule has 4 N–H and O–H groups in total. The van der Waals surface area contributed by atoms with Gasteiger partial charge in [0, 0.05) is 38.1 Å².